The summed E-state index contributed by atoms with van der Waals surface area (Å²) in [7, 11) is 0. The summed E-state index contributed by atoms with van der Waals surface area (Å²) in [4.78, 5) is 30.3. The predicted molar refractivity (Wildman–Crippen MR) is 121 cm³/mol. The number of H-pyrrole nitrogens is 1. The monoisotopic (exact) mass is 417 g/mol. The number of carbonyl (C=O) groups is 2. The summed E-state index contributed by atoms with van der Waals surface area (Å²) in [6.07, 6.45) is 3.47. The smallest absolute Gasteiger partial charge is 0.254 e. The van der Waals surface area contributed by atoms with Gasteiger partial charge in [-0.1, -0.05) is 66.7 Å². The number of para-hydroxylation sites is 1. The fraction of sp³-hybridized carbons (Fsp3) is 0.148. The second-order valence-corrected chi connectivity index (χ2v) is 8.79. The Hall–Kier alpha value is -3.99. The van der Waals surface area contributed by atoms with Crippen LogP contribution in [-0.2, 0) is 9.59 Å². The number of nitrogens with one attached hydrogen (secondary N) is 1. The minimum atomic E-state index is -0.405. The minimum Gasteiger partial charge on any atom is -0.361 e. The van der Waals surface area contributed by atoms with E-state index in [9.17, 15) is 9.59 Å². The first kappa shape index (κ1) is 17.7. The molecule has 32 heavy (non-hydrogen) atoms. The van der Waals surface area contributed by atoms with Gasteiger partial charge in [-0.3, -0.25) is 9.59 Å². The summed E-state index contributed by atoms with van der Waals surface area (Å²) in [6, 6.07) is 24.4. The Bertz CT molecular complexity index is 1350. The normalized spacial score (nSPS) is 25.4. The van der Waals surface area contributed by atoms with Crippen molar-refractivity contribution >= 4 is 28.9 Å². The highest BCUT2D eigenvalue weighted by Crippen LogP contribution is 2.60. The molecule has 3 aromatic carbocycles. The molecule has 4 aromatic rings. The minimum absolute atomic E-state index is 0.109. The van der Waals surface area contributed by atoms with Gasteiger partial charge in [-0.2, -0.15) is 10.1 Å². The first-order valence-electron chi connectivity index (χ1n) is 10.9. The van der Waals surface area contributed by atoms with Crippen molar-refractivity contribution in [2.75, 3.05) is 0 Å². The quantitative estimate of drug-likeness (QED) is 0.388. The average molecular weight is 417 g/mol. The molecule has 2 bridgehead atoms. The van der Waals surface area contributed by atoms with Gasteiger partial charge in [0.15, 0.2) is 0 Å². The molecule has 1 fully saturated rings. The van der Waals surface area contributed by atoms with Crippen LogP contribution in [0.15, 0.2) is 84.1 Å². The molecule has 0 spiro atoms. The summed E-state index contributed by atoms with van der Waals surface area (Å²) < 4.78 is 0. The zero-order valence-electron chi connectivity index (χ0n) is 17.1. The number of aromatic nitrogens is 1. The Morgan fingerprint density at radius 3 is 1.78 bits per heavy atom. The third-order valence-electron chi connectivity index (χ3n) is 7.36. The predicted octanol–water partition coefficient (Wildman–Crippen LogP) is 4.39. The number of imide groups is 1. The first-order valence-corrected chi connectivity index (χ1v) is 10.9. The Morgan fingerprint density at radius 1 is 0.719 bits per heavy atom. The molecule has 8 rings (SSSR count). The van der Waals surface area contributed by atoms with E-state index in [2.05, 4.69) is 34.4 Å². The van der Waals surface area contributed by atoms with E-state index in [1.807, 2.05) is 54.7 Å². The molecular formula is C27H19N3O2. The number of amides is 2. The van der Waals surface area contributed by atoms with Crippen LogP contribution in [0.4, 0.5) is 0 Å². The lowest BCUT2D eigenvalue weighted by molar-refractivity contribution is -0.139. The lowest BCUT2D eigenvalue weighted by Crippen LogP contribution is -2.41. The summed E-state index contributed by atoms with van der Waals surface area (Å²) in [5.74, 6) is -1.43. The van der Waals surface area contributed by atoms with Crippen LogP contribution in [0.3, 0.4) is 0 Å². The van der Waals surface area contributed by atoms with Crippen LogP contribution in [0.5, 0.6) is 0 Å². The van der Waals surface area contributed by atoms with Gasteiger partial charge in [-0.25, -0.2) is 0 Å². The van der Waals surface area contributed by atoms with Crippen LogP contribution < -0.4 is 0 Å². The van der Waals surface area contributed by atoms with Crippen molar-refractivity contribution in [2.45, 2.75) is 11.8 Å². The number of aromatic amines is 1. The van der Waals surface area contributed by atoms with E-state index in [1.165, 1.54) is 22.3 Å². The molecule has 0 saturated carbocycles. The Balaban J connectivity index is 1.33. The lowest BCUT2D eigenvalue weighted by atomic mass is 9.55. The second-order valence-electron chi connectivity index (χ2n) is 8.79. The highest BCUT2D eigenvalue weighted by Gasteiger charge is 2.61. The van der Waals surface area contributed by atoms with Crippen LogP contribution >= 0.6 is 0 Å². The van der Waals surface area contributed by atoms with Crippen molar-refractivity contribution in [3.8, 4) is 0 Å². The molecule has 1 N–H and O–H groups in total. The number of nitrogens with zero attached hydrogens (tertiary/aromatic N) is 2. The van der Waals surface area contributed by atoms with E-state index in [-0.39, 0.29) is 23.7 Å². The van der Waals surface area contributed by atoms with Crippen LogP contribution in [0.2, 0.25) is 0 Å². The van der Waals surface area contributed by atoms with Gasteiger partial charge in [0.1, 0.15) is 0 Å². The summed E-state index contributed by atoms with van der Waals surface area (Å²) in [6.45, 7) is 0. The number of benzene rings is 3. The molecule has 1 aromatic heterocycles. The Morgan fingerprint density at radius 2 is 1.22 bits per heavy atom. The maximum atomic E-state index is 13.6. The van der Waals surface area contributed by atoms with Crippen molar-refractivity contribution < 1.29 is 9.59 Å². The molecule has 0 unspecified atom stereocenters. The van der Waals surface area contributed by atoms with Gasteiger partial charge in [0, 0.05) is 34.5 Å². The highest BCUT2D eigenvalue weighted by atomic mass is 16.2. The summed E-state index contributed by atoms with van der Waals surface area (Å²) in [5.41, 5.74) is 6.51. The fourth-order valence-electron chi connectivity index (χ4n) is 6.10. The number of hydrogen-bond acceptors (Lipinski definition) is 3. The van der Waals surface area contributed by atoms with Gasteiger partial charge in [0.25, 0.3) is 11.8 Å². The van der Waals surface area contributed by atoms with Crippen LogP contribution in [0.1, 0.15) is 39.7 Å². The fourth-order valence-corrected chi connectivity index (χ4v) is 6.10. The van der Waals surface area contributed by atoms with E-state index in [0.29, 0.717) is 0 Å². The zero-order chi connectivity index (χ0) is 21.4. The van der Waals surface area contributed by atoms with Crippen molar-refractivity contribution in [1.82, 2.24) is 9.99 Å². The van der Waals surface area contributed by atoms with Gasteiger partial charge in [0.2, 0.25) is 0 Å². The van der Waals surface area contributed by atoms with Crippen LogP contribution in [-0.4, -0.2) is 28.0 Å². The van der Waals surface area contributed by atoms with Crippen molar-refractivity contribution in [3.05, 3.63) is 107 Å². The van der Waals surface area contributed by atoms with Gasteiger partial charge in [-0.05, 0) is 28.3 Å². The van der Waals surface area contributed by atoms with E-state index >= 15 is 0 Å². The van der Waals surface area contributed by atoms with E-state index in [0.717, 1.165) is 21.5 Å². The van der Waals surface area contributed by atoms with Gasteiger partial charge in [0.05, 0.1) is 18.1 Å². The summed E-state index contributed by atoms with van der Waals surface area (Å²) in [5, 5.41) is 6.54. The molecule has 0 radical (unpaired) electrons. The van der Waals surface area contributed by atoms with E-state index < -0.39 is 11.8 Å². The molecule has 2 atom stereocenters. The van der Waals surface area contributed by atoms with Crippen molar-refractivity contribution in [3.63, 3.8) is 0 Å². The van der Waals surface area contributed by atoms with E-state index in [4.69, 9.17) is 0 Å². The molecule has 4 aliphatic rings. The second kappa shape index (κ2) is 6.26. The van der Waals surface area contributed by atoms with Crippen molar-refractivity contribution in [1.29, 1.82) is 0 Å². The molecule has 154 valence electrons. The van der Waals surface area contributed by atoms with Crippen molar-refractivity contribution in [2.24, 2.45) is 16.9 Å². The summed E-state index contributed by atoms with van der Waals surface area (Å²) >= 11 is 0. The molecular weight excluding hydrogens is 398 g/mol. The number of hydrogen-bond donors (Lipinski definition) is 1. The number of hydrazone groups is 1. The Kier molecular flexibility index (Phi) is 3.46. The number of fused-ring (bicyclic) bond motifs is 1. The largest absolute Gasteiger partial charge is 0.361 e. The molecule has 2 amide bonds. The van der Waals surface area contributed by atoms with Gasteiger partial charge in [-0.15, -0.1) is 0 Å². The lowest BCUT2D eigenvalue weighted by Gasteiger charge is -2.45. The third-order valence-corrected chi connectivity index (χ3v) is 7.36. The molecule has 1 aliphatic heterocycles. The van der Waals surface area contributed by atoms with Crippen LogP contribution in [0, 0.1) is 11.8 Å². The molecule has 2 heterocycles. The molecule has 3 aliphatic carbocycles. The van der Waals surface area contributed by atoms with Gasteiger partial charge >= 0.3 is 0 Å². The van der Waals surface area contributed by atoms with Crippen LogP contribution in [0.25, 0.3) is 10.9 Å². The third kappa shape index (κ3) is 2.15. The highest BCUT2D eigenvalue weighted by molar-refractivity contribution is 6.08. The van der Waals surface area contributed by atoms with E-state index in [1.54, 1.807) is 6.21 Å². The number of carbonyl (C=O) groups excluding carboxylic acids is 2. The topological polar surface area (TPSA) is 65.5 Å². The number of rotatable bonds is 2. The average Bonchev–Trinajstić information content (AvgIpc) is 3.36. The zero-order valence-corrected chi connectivity index (χ0v) is 17.1. The maximum absolute atomic E-state index is 13.6. The molecule has 5 heteroatoms. The Labute approximate surface area is 184 Å². The maximum Gasteiger partial charge on any atom is 0.254 e. The standard InChI is InChI=1S/C27H19N3O2/c31-26-24-22-17-8-1-2-9-18(17)23(20-11-4-3-10-19(20)22)25(24)27(32)30(26)29-14-15-13-28-21-12-6-5-7-16(15)21/h1-14,22-25,28H/b29-14-/t22?,23?,24-,25-/m0/s1. The molecule has 1 saturated heterocycles. The SMILES string of the molecule is O=C1[C@H]2C3c4ccccc4C(c4ccccc43)[C@@H]2C(=O)N1/N=C\c1c[nH]c2ccccc12. The van der Waals surface area contributed by atoms with Gasteiger partial charge < -0.3 is 4.98 Å². The molecule has 5 nitrogen and oxygen atoms in total. The first-order chi connectivity index (χ1) is 15.7.